The molecule has 1 rings (SSSR count). The van der Waals surface area contributed by atoms with Gasteiger partial charge >= 0.3 is 0 Å². The summed E-state index contributed by atoms with van der Waals surface area (Å²) >= 11 is 8.82. The highest BCUT2D eigenvalue weighted by Gasteiger charge is 2.41. The van der Waals surface area contributed by atoms with Crippen LogP contribution in [-0.2, 0) is 9.59 Å². The Hall–Kier alpha value is -0.480. The third kappa shape index (κ3) is 2.59. The second-order valence-electron chi connectivity index (χ2n) is 6.61. The fourth-order valence-electron chi connectivity index (χ4n) is 2.07. The summed E-state index contributed by atoms with van der Waals surface area (Å²) in [7, 11) is 0. The average Bonchev–Trinajstić information content (AvgIpc) is 2.10. The van der Waals surface area contributed by atoms with Crippen LogP contribution < -0.4 is 0 Å². The zero-order chi connectivity index (χ0) is 14.5. The van der Waals surface area contributed by atoms with Crippen LogP contribution in [0, 0.1) is 10.8 Å². The van der Waals surface area contributed by atoms with Crippen LogP contribution in [0.4, 0.5) is 0 Å². The predicted octanol–water partition coefficient (Wildman–Crippen LogP) is 3.60. The molecule has 0 aromatic carbocycles. The van der Waals surface area contributed by atoms with E-state index in [1.165, 1.54) is 0 Å². The van der Waals surface area contributed by atoms with E-state index in [1.807, 2.05) is 41.5 Å². The molecule has 0 aliphatic heterocycles. The van der Waals surface area contributed by atoms with Crippen LogP contribution >= 0.6 is 25.3 Å². The molecule has 100 valence electrons. The third-order valence-corrected chi connectivity index (χ3v) is 3.93. The van der Waals surface area contributed by atoms with E-state index in [2.05, 4.69) is 25.3 Å². The molecule has 0 aromatic heterocycles. The molecule has 0 saturated heterocycles. The molecule has 0 saturated carbocycles. The second kappa shape index (κ2) is 4.57. The van der Waals surface area contributed by atoms with Crippen molar-refractivity contribution in [2.24, 2.45) is 10.8 Å². The lowest BCUT2D eigenvalue weighted by Crippen LogP contribution is -2.34. The molecule has 1 aliphatic rings. The molecule has 0 spiro atoms. The normalized spacial score (nSPS) is 18.9. The van der Waals surface area contributed by atoms with Crippen molar-refractivity contribution in [3.63, 3.8) is 0 Å². The van der Waals surface area contributed by atoms with Crippen molar-refractivity contribution in [1.82, 2.24) is 0 Å². The molecule has 0 heterocycles. The van der Waals surface area contributed by atoms with E-state index < -0.39 is 22.4 Å². The number of hydrogen-bond donors (Lipinski definition) is 2. The Morgan fingerprint density at radius 2 is 0.889 bits per heavy atom. The van der Waals surface area contributed by atoms with Crippen LogP contribution in [0.25, 0.3) is 0 Å². The molecular formula is C14H20O2S2. The van der Waals surface area contributed by atoms with Gasteiger partial charge in [0, 0.05) is 21.0 Å². The fourth-order valence-corrected chi connectivity index (χ4v) is 3.17. The zero-order valence-electron chi connectivity index (χ0n) is 11.7. The molecule has 0 N–H and O–H groups in total. The quantitative estimate of drug-likeness (QED) is 0.405. The maximum absolute atomic E-state index is 12.3. The van der Waals surface area contributed by atoms with Crippen molar-refractivity contribution in [1.29, 1.82) is 0 Å². The topological polar surface area (TPSA) is 34.1 Å². The zero-order valence-corrected chi connectivity index (χ0v) is 13.5. The highest BCUT2D eigenvalue weighted by molar-refractivity contribution is 7.90. The lowest BCUT2D eigenvalue weighted by atomic mass is 9.73. The monoisotopic (exact) mass is 284 g/mol. The second-order valence-corrected chi connectivity index (χ2v) is 7.50. The van der Waals surface area contributed by atoms with Gasteiger partial charge in [-0.15, -0.1) is 25.3 Å². The summed E-state index contributed by atoms with van der Waals surface area (Å²) in [6.45, 7) is 11.4. The Labute approximate surface area is 120 Å². The minimum atomic E-state index is -0.449. The molecule has 2 nitrogen and oxygen atoms in total. The summed E-state index contributed by atoms with van der Waals surface area (Å²) in [6, 6.07) is 0. The van der Waals surface area contributed by atoms with Gasteiger partial charge in [0.15, 0.2) is 0 Å². The molecule has 1 aliphatic carbocycles. The number of Topliss-reactive ketones (excluding diaryl/α,β-unsaturated/α-hetero) is 2. The van der Waals surface area contributed by atoms with Gasteiger partial charge in [0.05, 0.1) is 0 Å². The van der Waals surface area contributed by atoms with Crippen molar-refractivity contribution < 1.29 is 9.59 Å². The molecule has 0 radical (unpaired) electrons. The van der Waals surface area contributed by atoms with E-state index in [0.717, 1.165) is 0 Å². The molecule has 0 aromatic rings. The first kappa shape index (κ1) is 15.6. The van der Waals surface area contributed by atoms with E-state index in [4.69, 9.17) is 0 Å². The first-order valence-corrected chi connectivity index (χ1v) is 6.75. The Kier molecular flexibility index (Phi) is 3.95. The van der Waals surface area contributed by atoms with Crippen LogP contribution in [0.15, 0.2) is 21.0 Å². The highest BCUT2D eigenvalue weighted by Crippen LogP contribution is 2.44. The van der Waals surface area contributed by atoms with Gasteiger partial charge in [-0.3, -0.25) is 9.59 Å². The van der Waals surface area contributed by atoms with E-state index in [1.54, 1.807) is 0 Å². The molecule has 4 heteroatoms. The first-order chi connectivity index (χ1) is 7.89. The number of hydrogen-bond acceptors (Lipinski definition) is 4. The first-order valence-electron chi connectivity index (χ1n) is 5.86. The standard InChI is InChI=1S/C14H20O2S2/c1-13(2,3)7-9(15)10(16)8(14(4,5)6)12(18)11(7)17/h17-18H,1-6H3. The summed E-state index contributed by atoms with van der Waals surface area (Å²) < 4.78 is 0. The lowest BCUT2D eigenvalue weighted by Gasteiger charge is -2.32. The predicted molar refractivity (Wildman–Crippen MR) is 80.9 cm³/mol. The number of thiol groups is 2. The maximum Gasteiger partial charge on any atom is 0.230 e. The van der Waals surface area contributed by atoms with Crippen molar-refractivity contribution in [3.05, 3.63) is 21.0 Å². The summed E-state index contributed by atoms with van der Waals surface area (Å²) in [5.41, 5.74) is 0.0743. The number of carbonyl (C=O) groups is 2. The van der Waals surface area contributed by atoms with Crippen LogP contribution in [-0.4, -0.2) is 11.6 Å². The fraction of sp³-hybridized carbons (Fsp3) is 0.571. The Morgan fingerprint density at radius 1 is 0.667 bits per heavy atom. The molecular weight excluding hydrogens is 264 g/mol. The maximum atomic E-state index is 12.3. The highest BCUT2D eigenvalue weighted by atomic mass is 32.1. The van der Waals surface area contributed by atoms with Crippen molar-refractivity contribution in [2.45, 2.75) is 41.5 Å². The molecule has 18 heavy (non-hydrogen) atoms. The summed E-state index contributed by atoms with van der Waals surface area (Å²) in [5, 5.41) is 0. The van der Waals surface area contributed by atoms with Crippen LogP contribution in [0.5, 0.6) is 0 Å². The van der Waals surface area contributed by atoms with Crippen LogP contribution in [0.2, 0.25) is 0 Å². The largest absolute Gasteiger partial charge is 0.285 e. The average molecular weight is 284 g/mol. The van der Waals surface area contributed by atoms with Crippen LogP contribution in [0.1, 0.15) is 41.5 Å². The van der Waals surface area contributed by atoms with Gasteiger partial charge in [-0.05, 0) is 10.8 Å². The van der Waals surface area contributed by atoms with E-state index in [-0.39, 0.29) is 0 Å². The van der Waals surface area contributed by atoms with Crippen LogP contribution in [0.3, 0.4) is 0 Å². The van der Waals surface area contributed by atoms with Gasteiger partial charge in [-0.1, -0.05) is 41.5 Å². The van der Waals surface area contributed by atoms with Gasteiger partial charge in [-0.25, -0.2) is 0 Å². The smallest absolute Gasteiger partial charge is 0.230 e. The van der Waals surface area contributed by atoms with Crippen molar-refractivity contribution >= 4 is 36.8 Å². The van der Waals surface area contributed by atoms with Gasteiger partial charge < -0.3 is 0 Å². The third-order valence-electron chi connectivity index (χ3n) is 2.86. The van der Waals surface area contributed by atoms with E-state index >= 15 is 0 Å². The SMILES string of the molecule is CC(C)(C)C1=C(S)C(S)=C(C(C)(C)C)C(=O)C1=O. The Morgan fingerprint density at radius 3 is 1.06 bits per heavy atom. The van der Waals surface area contributed by atoms with Gasteiger partial charge in [0.2, 0.25) is 11.6 Å². The van der Waals surface area contributed by atoms with Gasteiger partial charge in [0.25, 0.3) is 0 Å². The summed E-state index contributed by atoms with van der Waals surface area (Å²) in [5.74, 6) is -0.898. The Balaban J connectivity index is 3.62. The Bertz CT molecular complexity index is 437. The number of ketones is 2. The van der Waals surface area contributed by atoms with Crippen molar-refractivity contribution in [3.8, 4) is 0 Å². The number of carbonyl (C=O) groups excluding carboxylic acids is 2. The molecule has 0 fully saturated rings. The molecule has 0 atom stereocenters. The molecule has 0 unspecified atom stereocenters. The number of rotatable bonds is 0. The van der Waals surface area contributed by atoms with Gasteiger partial charge in [0.1, 0.15) is 0 Å². The van der Waals surface area contributed by atoms with E-state index in [9.17, 15) is 9.59 Å². The number of allylic oxidation sites excluding steroid dienone is 2. The summed E-state index contributed by atoms with van der Waals surface area (Å²) in [4.78, 5) is 25.6. The lowest BCUT2D eigenvalue weighted by molar-refractivity contribution is -0.133. The van der Waals surface area contributed by atoms with Gasteiger partial charge in [-0.2, -0.15) is 0 Å². The molecule has 0 amide bonds. The minimum Gasteiger partial charge on any atom is -0.285 e. The molecule has 0 bridgehead atoms. The summed E-state index contributed by atoms with van der Waals surface area (Å²) in [6.07, 6.45) is 0. The minimum absolute atomic E-state index is 0.415. The van der Waals surface area contributed by atoms with Crippen molar-refractivity contribution in [2.75, 3.05) is 0 Å². The van der Waals surface area contributed by atoms with E-state index in [0.29, 0.717) is 21.0 Å².